The maximum absolute atomic E-state index is 13.0. The summed E-state index contributed by atoms with van der Waals surface area (Å²) in [4.78, 5) is 26.5. The Kier molecular flexibility index (Phi) is 4.47. The lowest BCUT2D eigenvalue weighted by Gasteiger charge is -2.46. The largest absolute Gasteiger partial charge is 0.352 e. The number of rotatable bonds is 3. The zero-order valence-electron chi connectivity index (χ0n) is 16.5. The van der Waals surface area contributed by atoms with Gasteiger partial charge < -0.3 is 18.8 Å². The molecular formula is C20H28N6O2. The van der Waals surface area contributed by atoms with Crippen molar-refractivity contribution >= 4 is 5.91 Å². The van der Waals surface area contributed by atoms with Crippen molar-refractivity contribution in [1.29, 1.82) is 0 Å². The van der Waals surface area contributed by atoms with E-state index >= 15 is 0 Å². The Labute approximate surface area is 165 Å². The van der Waals surface area contributed by atoms with Crippen LogP contribution in [-0.4, -0.2) is 67.1 Å². The molecule has 1 atom stereocenters. The van der Waals surface area contributed by atoms with Gasteiger partial charge in [-0.25, -0.2) is 9.97 Å². The van der Waals surface area contributed by atoms with Crippen LogP contribution >= 0.6 is 0 Å². The van der Waals surface area contributed by atoms with Gasteiger partial charge in [0.25, 0.3) is 5.91 Å². The van der Waals surface area contributed by atoms with Crippen molar-refractivity contribution in [2.45, 2.75) is 50.5 Å². The first kappa shape index (κ1) is 17.9. The molecular weight excluding hydrogens is 356 g/mol. The third kappa shape index (κ3) is 3.04. The maximum atomic E-state index is 13.0. The van der Waals surface area contributed by atoms with Crippen molar-refractivity contribution in [3.05, 3.63) is 36.4 Å². The molecule has 0 aliphatic carbocycles. The average molecular weight is 384 g/mol. The van der Waals surface area contributed by atoms with E-state index in [0.29, 0.717) is 6.54 Å². The SMILES string of the molecule is Cn1ccnc1CN1CCC2(CC1)O[C@@H](C(=O)N1CCCC1)Cn1ccnc12. The van der Waals surface area contributed by atoms with Crippen molar-refractivity contribution in [2.24, 2.45) is 7.05 Å². The van der Waals surface area contributed by atoms with Crippen LogP contribution in [0.3, 0.4) is 0 Å². The van der Waals surface area contributed by atoms with Crippen LogP contribution in [-0.2, 0) is 35.3 Å². The van der Waals surface area contributed by atoms with Gasteiger partial charge in [-0.3, -0.25) is 9.69 Å². The molecule has 1 amide bonds. The van der Waals surface area contributed by atoms with Gasteiger partial charge in [-0.1, -0.05) is 0 Å². The summed E-state index contributed by atoms with van der Waals surface area (Å²) in [6.07, 6.45) is 11.1. The van der Waals surface area contributed by atoms with Gasteiger partial charge in [0.2, 0.25) is 0 Å². The molecule has 0 saturated carbocycles. The van der Waals surface area contributed by atoms with E-state index in [1.807, 2.05) is 36.7 Å². The number of aryl methyl sites for hydroxylation is 1. The van der Waals surface area contributed by atoms with Gasteiger partial charge >= 0.3 is 0 Å². The summed E-state index contributed by atoms with van der Waals surface area (Å²) in [5.74, 6) is 2.20. The summed E-state index contributed by atoms with van der Waals surface area (Å²) >= 11 is 0. The zero-order chi connectivity index (χ0) is 19.1. The van der Waals surface area contributed by atoms with Crippen LogP contribution in [0.4, 0.5) is 0 Å². The molecule has 8 nitrogen and oxygen atoms in total. The Morgan fingerprint density at radius 2 is 1.89 bits per heavy atom. The van der Waals surface area contributed by atoms with E-state index in [2.05, 4.69) is 24.0 Å². The summed E-state index contributed by atoms with van der Waals surface area (Å²) in [7, 11) is 2.03. The maximum Gasteiger partial charge on any atom is 0.253 e. The fourth-order valence-electron chi connectivity index (χ4n) is 4.83. The van der Waals surface area contributed by atoms with Crippen molar-refractivity contribution in [1.82, 2.24) is 28.9 Å². The predicted octanol–water partition coefficient (Wildman–Crippen LogP) is 1.13. The molecule has 2 aromatic heterocycles. The number of imidazole rings is 2. The fourth-order valence-corrected chi connectivity index (χ4v) is 4.83. The third-order valence-electron chi connectivity index (χ3n) is 6.50. The van der Waals surface area contributed by atoms with Gasteiger partial charge in [0.15, 0.2) is 6.10 Å². The normalized spacial score (nSPS) is 24.6. The summed E-state index contributed by atoms with van der Waals surface area (Å²) in [6.45, 7) is 4.95. The molecule has 0 radical (unpaired) electrons. The minimum Gasteiger partial charge on any atom is -0.352 e. The number of likely N-dealkylation sites (tertiary alicyclic amines) is 2. The molecule has 0 aromatic carbocycles. The van der Waals surface area contributed by atoms with E-state index in [-0.39, 0.29) is 5.91 Å². The predicted molar refractivity (Wildman–Crippen MR) is 102 cm³/mol. The van der Waals surface area contributed by atoms with Gasteiger partial charge in [0, 0.05) is 58.0 Å². The van der Waals surface area contributed by atoms with E-state index < -0.39 is 11.7 Å². The lowest BCUT2D eigenvalue weighted by molar-refractivity contribution is -0.180. The van der Waals surface area contributed by atoms with Crippen molar-refractivity contribution in [2.75, 3.05) is 26.2 Å². The Balaban J connectivity index is 1.32. The second kappa shape index (κ2) is 7.00. The second-order valence-electron chi connectivity index (χ2n) is 8.27. The van der Waals surface area contributed by atoms with Crippen LogP contribution in [0.15, 0.2) is 24.8 Å². The number of hydrogen-bond acceptors (Lipinski definition) is 5. The Morgan fingerprint density at radius 3 is 2.61 bits per heavy atom. The lowest BCUT2D eigenvalue weighted by Crippen LogP contribution is -2.54. The molecule has 28 heavy (non-hydrogen) atoms. The number of fused-ring (bicyclic) bond motifs is 2. The molecule has 0 bridgehead atoms. The second-order valence-corrected chi connectivity index (χ2v) is 8.27. The number of hydrogen-bond donors (Lipinski definition) is 0. The Morgan fingerprint density at radius 1 is 1.14 bits per heavy atom. The van der Waals surface area contributed by atoms with Crippen LogP contribution in [0.5, 0.6) is 0 Å². The molecule has 2 saturated heterocycles. The number of carbonyl (C=O) groups is 1. The molecule has 0 N–H and O–H groups in total. The third-order valence-corrected chi connectivity index (χ3v) is 6.50. The highest BCUT2D eigenvalue weighted by Gasteiger charge is 2.47. The van der Waals surface area contributed by atoms with Gasteiger partial charge in [0.05, 0.1) is 13.1 Å². The monoisotopic (exact) mass is 384 g/mol. The molecule has 5 heterocycles. The zero-order valence-corrected chi connectivity index (χ0v) is 16.5. The number of ether oxygens (including phenoxy) is 1. The first-order valence-electron chi connectivity index (χ1n) is 10.3. The number of carbonyl (C=O) groups excluding carboxylic acids is 1. The van der Waals surface area contributed by atoms with Gasteiger partial charge in [-0.2, -0.15) is 0 Å². The van der Waals surface area contributed by atoms with Gasteiger partial charge in [-0.15, -0.1) is 0 Å². The first-order valence-corrected chi connectivity index (χ1v) is 10.3. The number of nitrogens with zero attached hydrogens (tertiary/aromatic N) is 6. The van der Waals surface area contributed by atoms with Crippen LogP contribution in [0.25, 0.3) is 0 Å². The number of amides is 1. The summed E-state index contributed by atoms with van der Waals surface area (Å²) < 4.78 is 10.8. The highest BCUT2D eigenvalue weighted by molar-refractivity contribution is 5.81. The highest BCUT2D eigenvalue weighted by atomic mass is 16.5. The Hall–Kier alpha value is -2.19. The van der Waals surface area contributed by atoms with E-state index in [4.69, 9.17) is 4.74 Å². The Bertz CT molecular complexity index is 845. The molecule has 3 aliphatic heterocycles. The van der Waals surface area contributed by atoms with Crippen molar-refractivity contribution in [3.8, 4) is 0 Å². The average Bonchev–Trinajstić information content (AvgIpc) is 3.46. The molecule has 2 fully saturated rings. The standard InChI is InChI=1S/C20H28N6O2/c1-23-12-6-21-17(23)15-24-10-4-20(5-11-24)19-22-7-13-26(19)14-16(28-20)18(27)25-8-2-3-9-25/h6-7,12-13,16H,2-5,8-11,14-15H2,1H3/t16-/m1/s1. The van der Waals surface area contributed by atoms with Crippen LogP contribution in [0.2, 0.25) is 0 Å². The summed E-state index contributed by atoms with van der Waals surface area (Å²) in [5, 5.41) is 0. The van der Waals surface area contributed by atoms with Gasteiger partial charge in [0.1, 0.15) is 17.2 Å². The molecule has 3 aliphatic rings. The van der Waals surface area contributed by atoms with Gasteiger partial charge in [-0.05, 0) is 25.7 Å². The molecule has 150 valence electrons. The molecule has 1 spiro atoms. The lowest BCUT2D eigenvalue weighted by atomic mass is 9.88. The molecule has 5 rings (SSSR count). The summed E-state index contributed by atoms with van der Waals surface area (Å²) in [5.41, 5.74) is -0.458. The van der Waals surface area contributed by atoms with Crippen LogP contribution in [0.1, 0.15) is 37.3 Å². The number of aromatic nitrogens is 4. The van der Waals surface area contributed by atoms with Crippen molar-refractivity contribution in [3.63, 3.8) is 0 Å². The minimum absolute atomic E-state index is 0.145. The fraction of sp³-hybridized carbons (Fsp3) is 0.650. The quantitative estimate of drug-likeness (QED) is 0.794. The minimum atomic E-state index is -0.458. The molecule has 8 heteroatoms. The van der Waals surface area contributed by atoms with E-state index in [9.17, 15) is 4.79 Å². The smallest absolute Gasteiger partial charge is 0.253 e. The van der Waals surface area contributed by atoms with Crippen LogP contribution in [0, 0.1) is 0 Å². The van der Waals surface area contributed by atoms with Crippen LogP contribution < -0.4 is 0 Å². The summed E-state index contributed by atoms with van der Waals surface area (Å²) in [6, 6.07) is 0. The first-order chi connectivity index (χ1) is 13.6. The van der Waals surface area contributed by atoms with E-state index in [1.165, 1.54) is 0 Å². The van der Waals surface area contributed by atoms with E-state index in [1.54, 1.807) is 0 Å². The topological polar surface area (TPSA) is 68.4 Å². The van der Waals surface area contributed by atoms with E-state index in [0.717, 1.165) is 70.1 Å². The highest BCUT2D eigenvalue weighted by Crippen LogP contribution is 2.40. The molecule has 0 unspecified atom stereocenters. The number of piperidine rings is 1. The molecule has 2 aromatic rings. The van der Waals surface area contributed by atoms with Crippen molar-refractivity contribution < 1.29 is 9.53 Å².